The number of methoxy groups -OCH3 is 1. The lowest BCUT2D eigenvalue weighted by atomic mass is 10.3. The molecule has 0 amide bonds. The molecule has 11 heteroatoms. The highest BCUT2D eigenvalue weighted by molar-refractivity contribution is 7.07. The zero-order valence-corrected chi connectivity index (χ0v) is 16.8. The molecule has 0 aliphatic rings. The molecule has 3 aromatic rings. The molecule has 0 aliphatic heterocycles. The smallest absolute Gasteiger partial charge is 0.353 e. The van der Waals surface area contributed by atoms with E-state index in [1.165, 1.54) is 16.4 Å². The second-order valence-corrected chi connectivity index (χ2v) is 6.17. The van der Waals surface area contributed by atoms with Crippen LogP contribution in [0.4, 0.5) is 0 Å². The molecule has 0 spiro atoms. The van der Waals surface area contributed by atoms with Gasteiger partial charge in [0.05, 0.1) is 12.8 Å². The maximum atomic E-state index is 12.5. The van der Waals surface area contributed by atoms with Gasteiger partial charge in [0.15, 0.2) is 5.75 Å². The molecular formula is C17H21N5O5S. The van der Waals surface area contributed by atoms with Crippen molar-refractivity contribution in [2.75, 3.05) is 20.3 Å². The molecular weight excluding hydrogens is 386 g/mol. The van der Waals surface area contributed by atoms with E-state index in [1.807, 2.05) is 13.8 Å². The summed E-state index contributed by atoms with van der Waals surface area (Å²) in [7, 11) is 2.99. The molecule has 2 aromatic heterocycles. The van der Waals surface area contributed by atoms with E-state index in [0.29, 0.717) is 35.7 Å². The van der Waals surface area contributed by atoms with E-state index in [0.717, 1.165) is 11.5 Å². The van der Waals surface area contributed by atoms with Crippen molar-refractivity contribution in [3.63, 3.8) is 0 Å². The van der Waals surface area contributed by atoms with E-state index >= 15 is 0 Å². The Hall–Kier alpha value is -2.76. The standard InChI is InChI=1S/C17H21N5O5S/c1-5-25-14(26-6-2)13-18-16(28-20-13)27-12-10-8-7-9-11(12)22-15(24-4)19-21(3)17(22)23/h7-10,14H,5-6H2,1-4H3. The number of hydrogen-bond donors (Lipinski definition) is 0. The van der Waals surface area contributed by atoms with Gasteiger partial charge < -0.3 is 18.9 Å². The summed E-state index contributed by atoms with van der Waals surface area (Å²) in [6.45, 7) is 4.66. The molecule has 150 valence electrons. The quantitative estimate of drug-likeness (QED) is 0.498. The van der Waals surface area contributed by atoms with E-state index < -0.39 is 6.29 Å². The molecule has 10 nitrogen and oxygen atoms in total. The number of aryl methyl sites for hydroxylation is 1. The molecule has 0 aliphatic carbocycles. The van der Waals surface area contributed by atoms with Crippen LogP contribution >= 0.6 is 11.5 Å². The lowest BCUT2D eigenvalue weighted by Crippen LogP contribution is -2.22. The normalized spacial score (nSPS) is 11.2. The highest BCUT2D eigenvalue weighted by Crippen LogP contribution is 2.31. The van der Waals surface area contributed by atoms with Gasteiger partial charge >= 0.3 is 11.7 Å². The van der Waals surface area contributed by atoms with Crippen molar-refractivity contribution in [2.45, 2.75) is 20.1 Å². The maximum Gasteiger partial charge on any atom is 0.353 e. The fraction of sp³-hybridized carbons (Fsp3) is 0.412. The minimum Gasteiger partial charge on any atom is -0.467 e. The summed E-state index contributed by atoms with van der Waals surface area (Å²) in [6.07, 6.45) is -0.653. The summed E-state index contributed by atoms with van der Waals surface area (Å²) in [5.41, 5.74) is 0.110. The van der Waals surface area contributed by atoms with Crippen LogP contribution in [0, 0.1) is 0 Å². The number of nitrogens with zero attached hydrogens (tertiary/aromatic N) is 5. The van der Waals surface area contributed by atoms with E-state index in [2.05, 4.69) is 14.5 Å². The molecule has 3 rings (SSSR count). The molecule has 1 aromatic carbocycles. The van der Waals surface area contributed by atoms with E-state index in [1.54, 1.807) is 31.3 Å². The number of aromatic nitrogens is 5. The minimum atomic E-state index is -0.653. The molecule has 0 unspecified atom stereocenters. The van der Waals surface area contributed by atoms with Crippen LogP contribution < -0.4 is 15.2 Å². The Kier molecular flexibility index (Phi) is 6.39. The Labute approximate surface area is 165 Å². The molecule has 2 heterocycles. The van der Waals surface area contributed by atoms with E-state index in [9.17, 15) is 4.79 Å². The number of ether oxygens (including phenoxy) is 4. The summed E-state index contributed by atoms with van der Waals surface area (Å²) in [5.74, 6) is 0.792. The Morgan fingerprint density at radius 2 is 1.89 bits per heavy atom. The van der Waals surface area contributed by atoms with Crippen molar-refractivity contribution in [1.29, 1.82) is 0 Å². The van der Waals surface area contributed by atoms with Crippen LogP contribution in [0.2, 0.25) is 0 Å². The van der Waals surface area contributed by atoms with E-state index in [4.69, 9.17) is 18.9 Å². The van der Waals surface area contributed by atoms with Gasteiger partial charge in [-0.2, -0.15) is 9.36 Å². The van der Waals surface area contributed by atoms with Gasteiger partial charge in [0.25, 0.3) is 5.19 Å². The van der Waals surface area contributed by atoms with Crippen molar-refractivity contribution in [2.24, 2.45) is 7.05 Å². The lowest BCUT2D eigenvalue weighted by Gasteiger charge is -2.13. The van der Waals surface area contributed by atoms with Crippen molar-refractivity contribution in [1.82, 2.24) is 23.7 Å². The van der Waals surface area contributed by atoms with Crippen molar-refractivity contribution >= 4 is 11.5 Å². The van der Waals surface area contributed by atoms with Gasteiger partial charge in [-0.25, -0.2) is 14.0 Å². The van der Waals surface area contributed by atoms with Gasteiger partial charge in [0.2, 0.25) is 12.1 Å². The molecule has 28 heavy (non-hydrogen) atoms. The Bertz CT molecular complexity index is 976. The third-order valence-corrected chi connectivity index (χ3v) is 4.26. The Morgan fingerprint density at radius 3 is 2.57 bits per heavy atom. The fourth-order valence-corrected chi connectivity index (χ4v) is 3.02. The first-order chi connectivity index (χ1) is 13.6. The van der Waals surface area contributed by atoms with Crippen LogP contribution in [0.5, 0.6) is 17.0 Å². The average molecular weight is 407 g/mol. The summed E-state index contributed by atoms with van der Waals surface area (Å²) in [5, 5.41) is 4.35. The fourth-order valence-electron chi connectivity index (χ4n) is 2.46. The summed E-state index contributed by atoms with van der Waals surface area (Å²) < 4.78 is 28.9. The first-order valence-corrected chi connectivity index (χ1v) is 9.40. The molecule has 0 atom stereocenters. The lowest BCUT2D eigenvalue weighted by molar-refractivity contribution is -0.144. The SMILES string of the molecule is CCOC(OCC)c1nsc(Oc2ccccc2-n2c(OC)nn(C)c2=O)n1. The van der Waals surface area contributed by atoms with Crippen LogP contribution in [0.1, 0.15) is 26.0 Å². The molecule has 0 radical (unpaired) electrons. The zero-order chi connectivity index (χ0) is 20.1. The van der Waals surface area contributed by atoms with Crippen LogP contribution in [0.15, 0.2) is 29.1 Å². The molecule has 0 fully saturated rings. The maximum absolute atomic E-state index is 12.5. The van der Waals surface area contributed by atoms with Gasteiger partial charge in [0.1, 0.15) is 0 Å². The van der Waals surface area contributed by atoms with Gasteiger partial charge in [-0.15, -0.1) is 5.10 Å². The molecule has 0 bridgehead atoms. The van der Waals surface area contributed by atoms with Gasteiger partial charge in [0, 0.05) is 31.8 Å². The third kappa shape index (κ3) is 4.06. The average Bonchev–Trinajstić information content (AvgIpc) is 3.27. The van der Waals surface area contributed by atoms with Crippen LogP contribution in [-0.2, 0) is 16.5 Å². The predicted molar refractivity (Wildman–Crippen MR) is 101 cm³/mol. The van der Waals surface area contributed by atoms with Crippen molar-refractivity contribution in [3.05, 3.63) is 40.6 Å². The zero-order valence-electron chi connectivity index (χ0n) is 16.0. The molecule has 0 saturated carbocycles. The number of benzene rings is 1. The van der Waals surface area contributed by atoms with Gasteiger partial charge in [-0.05, 0) is 26.0 Å². The van der Waals surface area contributed by atoms with Gasteiger partial charge in [-0.1, -0.05) is 12.1 Å². The minimum absolute atomic E-state index is 0.147. The monoisotopic (exact) mass is 407 g/mol. The van der Waals surface area contributed by atoms with Gasteiger partial charge in [-0.3, -0.25) is 0 Å². The van der Waals surface area contributed by atoms with Crippen molar-refractivity contribution in [3.8, 4) is 22.6 Å². The third-order valence-electron chi connectivity index (χ3n) is 3.65. The Morgan fingerprint density at radius 1 is 1.18 bits per heavy atom. The first kappa shape index (κ1) is 20.0. The predicted octanol–water partition coefficient (Wildman–Crippen LogP) is 2.29. The van der Waals surface area contributed by atoms with Crippen LogP contribution in [0.3, 0.4) is 0 Å². The van der Waals surface area contributed by atoms with E-state index in [-0.39, 0.29) is 11.7 Å². The number of rotatable bonds is 9. The highest BCUT2D eigenvalue weighted by atomic mass is 32.1. The van der Waals surface area contributed by atoms with Crippen LogP contribution in [0.25, 0.3) is 5.69 Å². The summed E-state index contributed by atoms with van der Waals surface area (Å²) in [4.78, 5) is 16.8. The second-order valence-electron chi connectivity index (χ2n) is 5.46. The summed E-state index contributed by atoms with van der Waals surface area (Å²) >= 11 is 1.06. The topological polar surface area (TPSA) is 103 Å². The second kappa shape index (κ2) is 8.95. The first-order valence-electron chi connectivity index (χ1n) is 8.63. The Balaban J connectivity index is 1.93. The van der Waals surface area contributed by atoms with Crippen LogP contribution in [-0.4, -0.2) is 44.0 Å². The highest BCUT2D eigenvalue weighted by Gasteiger charge is 2.21. The molecule has 0 N–H and O–H groups in total. The van der Waals surface area contributed by atoms with Crippen molar-refractivity contribution < 1.29 is 18.9 Å². The number of para-hydroxylation sites is 2. The summed E-state index contributed by atoms with van der Waals surface area (Å²) in [6, 6.07) is 7.17. The largest absolute Gasteiger partial charge is 0.467 e. The number of hydrogen-bond acceptors (Lipinski definition) is 9. The molecule has 0 saturated heterocycles.